The first-order valence-electron chi connectivity index (χ1n) is 10.5. The van der Waals surface area contributed by atoms with Crippen molar-refractivity contribution in [2.75, 3.05) is 37.7 Å². The molecule has 0 aliphatic carbocycles. The van der Waals surface area contributed by atoms with Crippen LogP contribution in [0.2, 0.25) is 0 Å². The van der Waals surface area contributed by atoms with Crippen LogP contribution < -0.4 is 10.2 Å². The molecule has 0 saturated carbocycles. The fourth-order valence-electron chi connectivity index (χ4n) is 3.98. The van der Waals surface area contributed by atoms with E-state index in [0.717, 1.165) is 11.3 Å². The molecule has 1 atom stereocenters. The number of carbonyl (C=O) groups excluding carboxylic acids is 4. The fourth-order valence-corrected chi connectivity index (χ4v) is 3.98. The second-order valence-corrected chi connectivity index (χ2v) is 7.86. The van der Waals surface area contributed by atoms with Crippen molar-refractivity contribution in [3.8, 4) is 0 Å². The molecule has 0 aromatic heterocycles. The molecule has 1 aromatic rings. The standard InChI is InChI=1S/C22H29N3O5/c1-3-30-20(27)13-23-21(28)16-8-10-24(11-9-16)22(29)17-12-19(26)25(14-17)18-6-4-15(2)5-7-18/h4-7,16-17H,3,8-14H2,1-2H3,(H,23,28)/t17-/m1/s1. The molecule has 1 N–H and O–H groups in total. The van der Waals surface area contributed by atoms with Crippen LogP contribution in [0.5, 0.6) is 0 Å². The maximum Gasteiger partial charge on any atom is 0.325 e. The SMILES string of the molecule is CCOC(=O)CNC(=O)C1CCN(C(=O)[C@@H]2CC(=O)N(c3ccc(C)cc3)C2)CC1. The van der Waals surface area contributed by atoms with E-state index >= 15 is 0 Å². The minimum Gasteiger partial charge on any atom is -0.465 e. The summed E-state index contributed by atoms with van der Waals surface area (Å²) in [7, 11) is 0. The van der Waals surface area contributed by atoms with E-state index < -0.39 is 5.97 Å². The highest BCUT2D eigenvalue weighted by Gasteiger charge is 2.38. The van der Waals surface area contributed by atoms with E-state index in [9.17, 15) is 19.2 Å². The Kier molecular flexibility index (Phi) is 7.07. The first-order valence-corrected chi connectivity index (χ1v) is 10.5. The van der Waals surface area contributed by atoms with Crippen LogP contribution in [0.3, 0.4) is 0 Å². The third-order valence-corrected chi connectivity index (χ3v) is 5.71. The van der Waals surface area contributed by atoms with Crippen molar-refractivity contribution in [3.63, 3.8) is 0 Å². The third-order valence-electron chi connectivity index (χ3n) is 5.71. The molecule has 0 spiro atoms. The second kappa shape index (κ2) is 9.73. The lowest BCUT2D eigenvalue weighted by atomic mass is 9.94. The predicted molar refractivity (Wildman–Crippen MR) is 111 cm³/mol. The van der Waals surface area contributed by atoms with E-state index in [1.807, 2.05) is 31.2 Å². The number of hydrogen-bond donors (Lipinski definition) is 1. The summed E-state index contributed by atoms with van der Waals surface area (Å²) in [5.41, 5.74) is 1.94. The van der Waals surface area contributed by atoms with Crippen LogP contribution in [0.15, 0.2) is 24.3 Å². The van der Waals surface area contributed by atoms with Gasteiger partial charge in [-0.3, -0.25) is 19.2 Å². The first kappa shape index (κ1) is 21.8. The zero-order valence-corrected chi connectivity index (χ0v) is 17.6. The topological polar surface area (TPSA) is 96.0 Å². The van der Waals surface area contributed by atoms with E-state index in [0.29, 0.717) is 32.5 Å². The normalized spacial score (nSPS) is 19.7. The van der Waals surface area contributed by atoms with Gasteiger partial charge in [-0.2, -0.15) is 0 Å². The van der Waals surface area contributed by atoms with Crippen molar-refractivity contribution in [1.29, 1.82) is 0 Å². The van der Waals surface area contributed by atoms with Gasteiger partial charge in [0, 0.05) is 37.7 Å². The van der Waals surface area contributed by atoms with Crippen LogP contribution in [-0.4, -0.2) is 61.4 Å². The molecule has 1 aromatic carbocycles. The molecule has 162 valence electrons. The zero-order valence-electron chi connectivity index (χ0n) is 17.6. The van der Waals surface area contributed by atoms with Gasteiger partial charge in [0.1, 0.15) is 6.54 Å². The van der Waals surface area contributed by atoms with Gasteiger partial charge < -0.3 is 19.9 Å². The van der Waals surface area contributed by atoms with Gasteiger partial charge >= 0.3 is 5.97 Å². The third kappa shape index (κ3) is 5.17. The lowest BCUT2D eigenvalue weighted by Crippen LogP contribution is -2.46. The van der Waals surface area contributed by atoms with Crippen molar-refractivity contribution in [2.45, 2.75) is 33.1 Å². The van der Waals surface area contributed by atoms with Gasteiger partial charge in [-0.25, -0.2) is 0 Å². The van der Waals surface area contributed by atoms with Crippen molar-refractivity contribution < 1.29 is 23.9 Å². The quantitative estimate of drug-likeness (QED) is 0.706. The van der Waals surface area contributed by atoms with E-state index in [1.165, 1.54) is 0 Å². The molecule has 2 aliphatic heterocycles. The molecule has 2 saturated heterocycles. The summed E-state index contributed by atoms with van der Waals surface area (Å²) in [6, 6.07) is 7.71. The van der Waals surface area contributed by atoms with Gasteiger partial charge in [0.2, 0.25) is 17.7 Å². The molecule has 0 bridgehead atoms. The van der Waals surface area contributed by atoms with Crippen LogP contribution in [0.4, 0.5) is 5.69 Å². The molecule has 2 aliphatic rings. The number of anilines is 1. The van der Waals surface area contributed by atoms with Gasteiger partial charge in [0.25, 0.3) is 0 Å². The maximum atomic E-state index is 12.9. The summed E-state index contributed by atoms with van der Waals surface area (Å²) in [6.07, 6.45) is 1.30. The number of benzene rings is 1. The number of rotatable bonds is 6. The van der Waals surface area contributed by atoms with Crippen LogP contribution in [0.1, 0.15) is 31.7 Å². The zero-order chi connectivity index (χ0) is 21.7. The van der Waals surface area contributed by atoms with Crippen LogP contribution in [-0.2, 0) is 23.9 Å². The van der Waals surface area contributed by atoms with Crippen molar-refractivity contribution in [1.82, 2.24) is 10.2 Å². The number of likely N-dealkylation sites (tertiary alicyclic amines) is 1. The molecule has 8 heteroatoms. The predicted octanol–water partition coefficient (Wildman–Crippen LogP) is 1.27. The molecule has 0 unspecified atom stereocenters. The number of ether oxygens (including phenoxy) is 1. The number of nitrogens with one attached hydrogen (secondary N) is 1. The van der Waals surface area contributed by atoms with Crippen molar-refractivity contribution in [3.05, 3.63) is 29.8 Å². The van der Waals surface area contributed by atoms with E-state index in [4.69, 9.17) is 4.74 Å². The molecular formula is C22H29N3O5. The fraction of sp³-hybridized carbons (Fsp3) is 0.545. The lowest BCUT2D eigenvalue weighted by molar-refractivity contribution is -0.144. The van der Waals surface area contributed by atoms with Crippen LogP contribution in [0.25, 0.3) is 0 Å². The van der Waals surface area contributed by atoms with E-state index in [2.05, 4.69) is 5.32 Å². The summed E-state index contributed by atoms with van der Waals surface area (Å²) >= 11 is 0. The van der Waals surface area contributed by atoms with E-state index in [-0.39, 0.29) is 49.1 Å². The molecule has 3 amide bonds. The van der Waals surface area contributed by atoms with Gasteiger partial charge in [-0.1, -0.05) is 17.7 Å². The molecular weight excluding hydrogens is 386 g/mol. The largest absolute Gasteiger partial charge is 0.465 e. The number of carbonyl (C=O) groups is 4. The average Bonchev–Trinajstić information content (AvgIpc) is 3.14. The highest BCUT2D eigenvalue weighted by atomic mass is 16.5. The van der Waals surface area contributed by atoms with Gasteiger partial charge in [0.05, 0.1) is 12.5 Å². The summed E-state index contributed by atoms with van der Waals surface area (Å²) in [5, 5.41) is 2.60. The Morgan fingerprint density at radius 3 is 2.40 bits per heavy atom. The number of hydrogen-bond acceptors (Lipinski definition) is 5. The Balaban J connectivity index is 1.48. The highest BCUT2D eigenvalue weighted by Crippen LogP contribution is 2.28. The molecule has 3 rings (SSSR count). The Morgan fingerprint density at radius 2 is 1.77 bits per heavy atom. The van der Waals surface area contributed by atoms with Gasteiger partial charge in [0.15, 0.2) is 0 Å². The summed E-state index contributed by atoms with van der Waals surface area (Å²) < 4.78 is 4.80. The Labute approximate surface area is 176 Å². The lowest BCUT2D eigenvalue weighted by Gasteiger charge is -2.32. The Morgan fingerprint density at radius 1 is 1.10 bits per heavy atom. The van der Waals surface area contributed by atoms with E-state index in [1.54, 1.807) is 16.7 Å². The average molecular weight is 415 g/mol. The smallest absolute Gasteiger partial charge is 0.325 e. The monoisotopic (exact) mass is 415 g/mol. The highest BCUT2D eigenvalue weighted by molar-refractivity contribution is 6.00. The summed E-state index contributed by atoms with van der Waals surface area (Å²) in [5.74, 6) is -1.28. The minimum absolute atomic E-state index is 0.0247. The minimum atomic E-state index is -0.456. The number of esters is 1. The van der Waals surface area contributed by atoms with Crippen molar-refractivity contribution >= 4 is 29.4 Å². The molecule has 8 nitrogen and oxygen atoms in total. The summed E-state index contributed by atoms with van der Waals surface area (Å²) in [6.45, 7) is 5.19. The van der Waals surface area contributed by atoms with Gasteiger partial charge in [-0.05, 0) is 38.8 Å². The molecule has 2 heterocycles. The van der Waals surface area contributed by atoms with Gasteiger partial charge in [-0.15, -0.1) is 0 Å². The first-order chi connectivity index (χ1) is 14.4. The molecule has 2 fully saturated rings. The van der Waals surface area contributed by atoms with Crippen LogP contribution >= 0.6 is 0 Å². The Hall–Kier alpha value is -2.90. The number of piperidine rings is 1. The summed E-state index contributed by atoms with van der Waals surface area (Å²) in [4.78, 5) is 52.4. The molecule has 30 heavy (non-hydrogen) atoms. The number of aryl methyl sites for hydroxylation is 1. The number of amides is 3. The molecule has 0 radical (unpaired) electrons. The maximum absolute atomic E-state index is 12.9. The Bertz CT molecular complexity index is 799. The second-order valence-electron chi connectivity index (χ2n) is 7.86. The van der Waals surface area contributed by atoms with Crippen LogP contribution in [0, 0.1) is 18.8 Å². The number of nitrogens with zero attached hydrogens (tertiary/aromatic N) is 2. The van der Waals surface area contributed by atoms with Crippen molar-refractivity contribution in [2.24, 2.45) is 11.8 Å².